The number of aromatic amines is 1. The highest BCUT2D eigenvalue weighted by Gasteiger charge is 2.27. The van der Waals surface area contributed by atoms with Crippen LogP contribution in [-0.2, 0) is 9.53 Å². The van der Waals surface area contributed by atoms with E-state index in [1.807, 2.05) is 13.0 Å². The number of carbonyl (C=O) groups is 1. The number of ether oxygens (including phenoxy) is 1. The molecule has 3 rings (SSSR count). The summed E-state index contributed by atoms with van der Waals surface area (Å²) in [6.45, 7) is 1.90. The Hall–Kier alpha value is -2.04. The molecule has 0 aliphatic rings. The number of aromatic nitrogens is 1. The lowest BCUT2D eigenvalue weighted by atomic mass is 9.91. The van der Waals surface area contributed by atoms with Gasteiger partial charge in [-0.3, -0.25) is 4.79 Å². The average molecular weight is 380 g/mol. The average Bonchev–Trinajstić information content (AvgIpc) is 2.96. The first-order valence-corrected chi connectivity index (χ1v) is 8.56. The number of fused-ring (bicyclic) bond motifs is 1. The fraction of sp³-hybridized carbons (Fsp3) is 0.211. The molecule has 0 amide bonds. The van der Waals surface area contributed by atoms with E-state index in [1.54, 1.807) is 18.2 Å². The lowest BCUT2D eigenvalue weighted by Crippen LogP contribution is -2.14. The molecule has 0 spiro atoms. The van der Waals surface area contributed by atoms with Crippen molar-refractivity contribution in [3.05, 3.63) is 57.8 Å². The topological polar surface area (TPSA) is 42.1 Å². The van der Waals surface area contributed by atoms with E-state index >= 15 is 0 Å². The van der Waals surface area contributed by atoms with Crippen LogP contribution in [0.15, 0.2) is 36.4 Å². The summed E-state index contributed by atoms with van der Waals surface area (Å²) in [6.07, 6.45) is 0.537. The zero-order valence-electron chi connectivity index (χ0n) is 13.7. The first-order chi connectivity index (χ1) is 12.0. The Balaban J connectivity index is 2.32. The zero-order chi connectivity index (χ0) is 18.1. The third-order valence-corrected chi connectivity index (χ3v) is 4.79. The van der Waals surface area contributed by atoms with E-state index in [9.17, 15) is 9.18 Å². The van der Waals surface area contributed by atoms with Crippen LogP contribution in [0.3, 0.4) is 0 Å². The minimum Gasteiger partial charge on any atom is -0.469 e. The van der Waals surface area contributed by atoms with Crippen molar-refractivity contribution < 1.29 is 13.9 Å². The number of hydrogen-bond acceptors (Lipinski definition) is 2. The molecule has 1 aromatic heterocycles. The molecule has 130 valence electrons. The molecule has 2 aromatic carbocycles. The van der Waals surface area contributed by atoms with Crippen LogP contribution < -0.4 is 0 Å². The molecule has 0 bridgehead atoms. The first-order valence-electron chi connectivity index (χ1n) is 7.80. The van der Waals surface area contributed by atoms with Gasteiger partial charge >= 0.3 is 5.97 Å². The van der Waals surface area contributed by atoms with E-state index in [-0.39, 0.29) is 11.0 Å². The van der Waals surface area contributed by atoms with Gasteiger partial charge in [-0.2, -0.15) is 0 Å². The van der Waals surface area contributed by atoms with E-state index in [2.05, 4.69) is 4.98 Å². The van der Waals surface area contributed by atoms with Crippen LogP contribution in [0.2, 0.25) is 10.0 Å². The van der Waals surface area contributed by atoms with Gasteiger partial charge in [-0.05, 0) is 42.3 Å². The molecular formula is C19H16Cl2FNO2. The van der Waals surface area contributed by atoms with Crippen LogP contribution in [0, 0.1) is 5.82 Å². The first kappa shape index (κ1) is 17.8. The van der Waals surface area contributed by atoms with Gasteiger partial charge in [0.25, 0.3) is 0 Å². The standard InChI is InChI=1S/C19H16Cl2FNO2/c1-3-12(19(24)25-2)17-13-9-11(20)5-7-16(13)23-18(17)10-4-6-14(21)15(22)8-10/h4-9,12,23H,3H2,1-2H3. The molecule has 0 aliphatic heterocycles. The van der Waals surface area contributed by atoms with Crippen LogP contribution in [0.1, 0.15) is 24.8 Å². The molecule has 25 heavy (non-hydrogen) atoms. The number of hydrogen-bond donors (Lipinski definition) is 1. The van der Waals surface area contributed by atoms with Crippen LogP contribution in [0.4, 0.5) is 4.39 Å². The summed E-state index contributed by atoms with van der Waals surface area (Å²) < 4.78 is 18.9. The molecule has 3 aromatic rings. The number of rotatable bonds is 4. The minimum absolute atomic E-state index is 0.0458. The molecule has 0 saturated carbocycles. The quantitative estimate of drug-likeness (QED) is 0.569. The largest absolute Gasteiger partial charge is 0.469 e. The normalized spacial score (nSPS) is 12.4. The van der Waals surface area contributed by atoms with Gasteiger partial charge in [0.15, 0.2) is 0 Å². The highest BCUT2D eigenvalue weighted by atomic mass is 35.5. The highest BCUT2D eigenvalue weighted by molar-refractivity contribution is 6.31. The van der Waals surface area contributed by atoms with Gasteiger partial charge in [-0.15, -0.1) is 0 Å². The monoisotopic (exact) mass is 379 g/mol. The predicted octanol–water partition coefficient (Wildman–Crippen LogP) is 5.95. The number of H-pyrrole nitrogens is 1. The smallest absolute Gasteiger partial charge is 0.313 e. The van der Waals surface area contributed by atoms with Crippen molar-refractivity contribution in [3.8, 4) is 11.3 Å². The van der Waals surface area contributed by atoms with E-state index in [0.29, 0.717) is 22.7 Å². The molecule has 6 heteroatoms. The van der Waals surface area contributed by atoms with Gasteiger partial charge in [0.05, 0.1) is 23.7 Å². The van der Waals surface area contributed by atoms with Gasteiger partial charge in [0.1, 0.15) is 5.82 Å². The Morgan fingerprint density at radius 3 is 2.64 bits per heavy atom. The van der Waals surface area contributed by atoms with Crippen molar-refractivity contribution in [1.29, 1.82) is 0 Å². The summed E-state index contributed by atoms with van der Waals surface area (Å²) >= 11 is 11.9. The molecule has 0 aliphatic carbocycles. The third-order valence-electron chi connectivity index (χ3n) is 4.25. The summed E-state index contributed by atoms with van der Waals surface area (Å²) in [4.78, 5) is 15.6. The Morgan fingerprint density at radius 1 is 1.24 bits per heavy atom. The molecule has 0 radical (unpaired) electrons. The van der Waals surface area contributed by atoms with Gasteiger partial charge in [0.2, 0.25) is 0 Å². The van der Waals surface area contributed by atoms with Crippen molar-refractivity contribution in [2.45, 2.75) is 19.3 Å². The van der Waals surface area contributed by atoms with Crippen LogP contribution in [0.25, 0.3) is 22.2 Å². The maximum Gasteiger partial charge on any atom is 0.313 e. The van der Waals surface area contributed by atoms with Crippen molar-refractivity contribution in [1.82, 2.24) is 4.98 Å². The van der Waals surface area contributed by atoms with E-state index < -0.39 is 11.7 Å². The second-order valence-corrected chi connectivity index (χ2v) is 6.56. The number of benzene rings is 2. The Kier molecular flexibility index (Phi) is 5.02. The second-order valence-electron chi connectivity index (χ2n) is 5.72. The Morgan fingerprint density at radius 2 is 2.00 bits per heavy atom. The summed E-state index contributed by atoms with van der Waals surface area (Å²) in [7, 11) is 1.36. The zero-order valence-corrected chi connectivity index (χ0v) is 15.2. The summed E-state index contributed by atoms with van der Waals surface area (Å²) in [5.74, 6) is -1.36. The number of halogens is 3. The van der Waals surface area contributed by atoms with Crippen molar-refractivity contribution in [3.63, 3.8) is 0 Å². The van der Waals surface area contributed by atoms with Gasteiger partial charge in [0, 0.05) is 21.5 Å². The molecule has 3 nitrogen and oxygen atoms in total. The summed E-state index contributed by atoms with van der Waals surface area (Å²) in [6, 6.07) is 9.95. The molecule has 1 heterocycles. The number of methoxy groups -OCH3 is 1. The number of esters is 1. The van der Waals surface area contributed by atoms with Gasteiger partial charge < -0.3 is 9.72 Å². The van der Waals surface area contributed by atoms with Gasteiger partial charge in [-0.1, -0.05) is 36.2 Å². The van der Waals surface area contributed by atoms with Crippen LogP contribution in [-0.4, -0.2) is 18.1 Å². The molecule has 0 saturated heterocycles. The van der Waals surface area contributed by atoms with Crippen LogP contribution >= 0.6 is 23.2 Å². The molecule has 1 unspecified atom stereocenters. The number of carbonyl (C=O) groups excluding carboxylic acids is 1. The van der Waals surface area contributed by atoms with E-state index in [1.165, 1.54) is 19.2 Å². The Bertz CT molecular complexity index is 952. The molecular weight excluding hydrogens is 364 g/mol. The second kappa shape index (κ2) is 7.06. The SMILES string of the molecule is CCC(C(=O)OC)c1c(-c2ccc(Cl)c(F)c2)[nH]c2ccc(Cl)cc12. The lowest BCUT2D eigenvalue weighted by Gasteiger charge is -2.15. The maximum absolute atomic E-state index is 14.0. The van der Waals surface area contributed by atoms with Crippen LogP contribution in [0.5, 0.6) is 0 Å². The van der Waals surface area contributed by atoms with Gasteiger partial charge in [-0.25, -0.2) is 4.39 Å². The van der Waals surface area contributed by atoms with E-state index in [4.69, 9.17) is 27.9 Å². The maximum atomic E-state index is 14.0. The Labute approximate surface area is 154 Å². The van der Waals surface area contributed by atoms with Crippen molar-refractivity contribution in [2.24, 2.45) is 0 Å². The summed E-state index contributed by atoms with van der Waals surface area (Å²) in [5, 5.41) is 1.42. The molecule has 1 N–H and O–H groups in total. The number of nitrogens with one attached hydrogen (secondary N) is 1. The molecule has 1 atom stereocenters. The third kappa shape index (κ3) is 3.24. The highest BCUT2D eigenvalue weighted by Crippen LogP contribution is 2.39. The van der Waals surface area contributed by atoms with Crippen molar-refractivity contribution >= 4 is 40.1 Å². The lowest BCUT2D eigenvalue weighted by molar-refractivity contribution is -0.142. The molecule has 0 fully saturated rings. The predicted molar refractivity (Wildman–Crippen MR) is 98.8 cm³/mol. The van der Waals surface area contributed by atoms with Crippen molar-refractivity contribution in [2.75, 3.05) is 7.11 Å². The van der Waals surface area contributed by atoms with E-state index in [0.717, 1.165) is 16.5 Å². The fourth-order valence-electron chi connectivity index (χ4n) is 3.06. The fourth-order valence-corrected chi connectivity index (χ4v) is 3.35. The summed E-state index contributed by atoms with van der Waals surface area (Å²) in [5.41, 5.74) is 2.82. The minimum atomic E-state index is -0.520.